The normalized spacial score (nSPS) is 13.6. The third kappa shape index (κ3) is 6.11. The molecule has 0 aliphatic rings. The van der Waals surface area contributed by atoms with Gasteiger partial charge in [0.25, 0.3) is 0 Å². The van der Waals surface area contributed by atoms with Crippen LogP contribution in [0.3, 0.4) is 0 Å². The van der Waals surface area contributed by atoms with Crippen LogP contribution in [0.2, 0.25) is 0 Å². The molecule has 0 radical (unpaired) electrons. The van der Waals surface area contributed by atoms with Crippen LogP contribution >= 0.6 is 0 Å². The number of rotatable bonds is 7. The Kier molecular flexibility index (Phi) is 6.75. The second-order valence-electron chi connectivity index (χ2n) is 4.39. The molecule has 3 nitrogen and oxygen atoms in total. The van der Waals surface area contributed by atoms with E-state index in [1.54, 1.807) is 0 Å². The number of nitrogens with two attached hydrogens (primary N) is 1. The van der Waals surface area contributed by atoms with Gasteiger partial charge < -0.3 is 10.5 Å². The molecule has 0 aromatic heterocycles. The van der Waals surface area contributed by atoms with Gasteiger partial charge in [0.1, 0.15) is 6.61 Å². The molecule has 2 N–H and O–H groups in total. The topological polar surface area (TPSA) is 52.3 Å². The average Bonchev–Trinajstić information content (AvgIpc) is 2.09. The van der Waals surface area contributed by atoms with Gasteiger partial charge in [0, 0.05) is 12.5 Å². The van der Waals surface area contributed by atoms with Gasteiger partial charge in [-0.2, -0.15) is 0 Å². The number of carbonyl (C=O) groups is 1. The van der Waals surface area contributed by atoms with Crippen LogP contribution in [0.15, 0.2) is 0 Å². The molecule has 0 aromatic carbocycles. The SMILES string of the molecule is CC(C)CC(CN)C(=O)COC(C)C. The molecule has 0 saturated heterocycles. The van der Waals surface area contributed by atoms with Gasteiger partial charge >= 0.3 is 0 Å². The Morgan fingerprint density at radius 3 is 2.21 bits per heavy atom. The number of carbonyl (C=O) groups excluding carboxylic acids is 1. The maximum absolute atomic E-state index is 11.6. The van der Waals surface area contributed by atoms with Crippen molar-refractivity contribution >= 4 is 5.78 Å². The molecule has 14 heavy (non-hydrogen) atoms. The van der Waals surface area contributed by atoms with E-state index < -0.39 is 0 Å². The first kappa shape index (κ1) is 13.6. The molecule has 0 fully saturated rings. The van der Waals surface area contributed by atoms with Gasteiger partial charge in [-0.1, -0.05) is 13.8 Å². The zero-order chi connectivity index (χ0) is 11.1. The Morgan fingerprint density at radius 2 is 1.86 bits per heavy atom. The number of hydrogen-bond acceptors (Lipinski definition) is 3. The zero-order valence-electron chi connectivity index (χ0n) is 9.75. The summed E-state index contributed by atoms with van der Waals surface area (Å²) in [5, 5.41) is 0. The van der Waals surface area contributed by atoms with E-state index in [9.17, 15) is 4.79 Å². The highest BCUT2D eigenvalue weighted by molar-refractivity contribution is 5.82. The van der Waals surface area contributed by atoms with Gasteiger partial charge in [0.2, 0.25) is 0 Å². The van der Waals surface area contributed by atoms with Crippen LogP contribution in [0.25, 0.3) is 0 Å². The number of hydrogen-bond donors (Lipinski definition) is 1. The van der Waals surface area contributed by atoms with E-state index in [0.717, 1.165) is 6.42 Å². The minimum Gasteiger partial charge on any atom is -0.371 e. The van der Waals surface area contributed by atoms with Crippen LogP contribution in [0.4, 0.5) is 0 Å². The summed E-state index contributed by atoms with van der Waals surface area (Å²) in [5.74, 6) is 0.607. The van der Waals surface area contributed by atoms with E-state index >= 15 is 0 Å². The molecule has 0 heterocycles. The zero-order valence-corrected chi connectivity index (χ0v) is 9.75. The summed E-state index contributed by atoms with van der Waals surface area (Å²) in [6.45, 7) is 8.67. The fourth-order valence-electron chi connectivity index (χ4n) is 1.29. The second kappa shape index (κ2) is 6.96. The highest BCUT2D eigenvalue weighted by Crippen LogP contribution is 2.11. The smallest absolute Gasteiger partial charge is 0.162 e. The summed E-state index contributed by atoms with van der Waals surface area (Å²) < 4.78 is 5.26. The summed E-state index contributed by atoms with van der Waals surface area (Å²) in [6, 6.07) is 0. The van der Waals surface area contributed by atoms with E-state index in [1.807, 2.05) is 13.8 Å². The molecule has 0 saturated carbocycles. The lowest BCUT2D eigenvalue weighted by Gasteiger charge is -2.16. The van der Waals surface area contributed by atoms with Gasteiger partial charge in [-0.25, -0.2) is 0 Å². The maximum atomic E-state index is 11.6. The molecule has 0 aliphatic carbocycles. The lowest BCUT2D eigenvalue weighted by atomic mass is 9.94. The minimum absolute atomic E-state index is 0.0336. The van der Waals surface area contributed by atoms with Gasteiger partial charge in [0.15, 0.2) is 5.78 Å². The third-order valence-corrected chi connectivity index (χ3v) is 2.05. The summed E-state index contributed by atoms with van der Waals surface area (Å²) in [6.07, 6.45) is 0.966. The summed E-state index contributed by atoms with van der Waals surface area (Å²) in [5.41, 5.74) is 5.55. The number of Topliss-reactive ketones (excluding diaryl/α,β-unsaturated/α-hetero) is 1. The fraction of sp³-hybridized carbons (Fsp3) is 0.909. The van der Waals surface area contributed by atoms with Crippen molar-refractivity contribution < 1.29 is 9.53 Å². The van der Waals surface area contributed by atoms with Crippen molar-refractivity contribution in [2.24, 2.45) is 17.6 Å². The molecule has 0 aliphatic heterocycles. The van der Waals surface area contributed by atoms with Gasteiger partial charge in [0.05, 0.1) is 6.10 Å². The van der Waals surface area contributed by atoms with Crippen molar-refractivity contribution in [2.45, 2.75) is 40.2 Å². The first-order valence-corrected chi connectivity index (χ1v) is 5.31. The van der Waals surface area contributed by atoms with Crippen LogP contribution in [-0.2, 0) is 9.53 Å². The molecular weight excluding hydrogens is 178 g/mol. The lowest BCUT2D eigenvalue weighted by Crippen LogP contribution is -2.29. The summed E-state index contributed by atoms with van der Waals surface area (Å²) >= 11 is 0. The van der Waals surface area contributed by atoms with Crippen LogP contribution in [0.5, 0.6) is 0 Å². The van der Waals surface area contributed by atoms with E-state index in [0.29, 0.717) is 12.5 Å². The second-order valence-corrected chi connectivity index (χ2v) is 4.39. The molecule has 0 rings (SSSR count). The maximum Gasteiger partial charge on any atom is 0.162 e. The van der Waals surface area contributed by atoms with E-state index in [1.165, 1.54) is 0 Å². The number of ketones is 1. The molecule has 0 aromatic rings. The molecule has 84 valence electrons. The molecule has 1 atom stereocenters. The molecule has 1 unspecified atom stereocenters. The average molecular weight is 201 g/mol. The summed E-state index contributed by atoms with van der Waals surface area (Å²) in [4.78, 5) is 11.6. The first-order chi connectivity index (χ1) is 6.47. The predicted octanol–water partition coefficient (Wildman–Crippen LogP) is 1.60. The number of ether oxygens (including phenoxy) is 1. The van der Waals surface area contributed by atoms with Crippen LogP contribution in [0, 0.1) is 11.8 Å². The Labute approximate surface area is 87.0 Å². The van der Waals surface area contributed by atoms with Gasteiger partial charge in [-0.3, -0.25) is 4.79 Å². The standard InChI is InChI=1S/C11H23NO2/c1-8(2)5-10(6-12)11(13)7-14-9(3)4/h8-10H,5-7,12H2,1-4H3. The van der Waals surface area contributed by atoms with Gasteiger partial charge in [-0.05, 0) is 26.2 Å². The third-order valence-electron chi connectivity index (χ3n) is 2.05. The summed E-state index contributed by atoms with van der Waals surface area (Å²) in [7, 11) is 0. The Bertz CT molecular complexity index is 167. The van der Waals surface area contributed by atoms with Crippen LogP contribution < -0.4 is 5.73 Å². The molecule has 0 bridgehead atoms. The Morgan fingerprint density at radius 1 is 1.29 bits per heavy atom. The van der Waals surface area contributed by atoms with Crippen molar-refractivity contribution in [3.63, 3.8) is 0 Å². The highest BCUT2D eigenvalue weighted by Gasteiger charge is 2.18. The van der Waals surface area contributed by atoms with Crippen molar-refractivity contribution in [2.75, 3.05) is 13.2 Å². The quantitative estimate of drug-likeness (QED) is 0.680. The monoisotopic (exact) mass is 201 g/mol. The van der Waals surface area contributed by atoms with Crippen molar-refractivity contribution in [1.82, 2.24) is 0 Å². The first-order valence-electron chi connectivity index (χ1n) is 5.31. The van der Waals surface area contributed by atoms with E-state index in [4.69, 9.17) is 10.5 Å². The molecular formula is C11H23NO2. The highest BCUT2D eigenvalue weighted by atomic mass is 16.5. The lowest BCUT2D eigenvalue weighted by molar-refractivity contribution is -0.129. The van der Waals surface area contributed by atoms with Crippen molar-refractivity contribution in [1.29, 1.82) is 0 Å². The molecule has 3 heteroatoms. The Balaban J connectivity index is 3.92. The van der Waals surface area contributed by atoms with Crippen LogP contribution in [-0.4, -0.2) is 25.0 Å². The molecule has 0 spiro atoms. The van der Waals surface area contributed by atoms with Crippen molar-refractivity contribution in [3.05, 3.63) is 0 Å². The largest absolute Gasteiger partial charge is 0.371 e. The van der Waals surface area contributed by atoms with Crippen LogP contribution in [0.1, 0.15) is 34.1 Å². The predicted molar refractivity (Wildman–Crippen MR) is 58.1 cm³/mol. The van der Waals surface area contributed by atoms with E-state index in [-0.39, 0.29) is 24.4 Å². The Hall–Kier alpha value is -0.410. The fourth-order valence-corrected chi connectivity index (χ4v) is 1.29. The molecule has 0 amide bonds. The van der Waals surface area contributed by atoms with Crippen molar-refractivity contribution in [3.8, 4) is 0 Å². The minimum atomic E-state index is -0.0336. The van der Waals surface area contributed by atoms with Gasteiger partial charge in [-0.15, -0.1) is 0 Å². The van der Waals surface area contributed by atoms with E-state index in [2.05, 4.69) is 13.8 Å².